The van der Waals surface area contributed by atoms with Gasteiger partial charge in [0.05, 0.1) is 5.69 Å². The fourth-order valence-corrected chi connectivity index (χ4v) is 3.25. The molecule has 0 aliphatic heterocycles. The van der Waals surface area contributed by atoms with Gasteiger partial charge < -0.3 is 10.6 Å². The molecule has 0 unspecified atom stereocenters. The van der Waals surface area contributed by atoms with Gasteiger partial charge in [-0.25, -0.2) is 0 Å². The van der Waals surface area contributed by atoms with E-state index in [0.29, 0.717) is 6.54 Å². The molecule has 1 saturated carbocycles. The third kappa shape index (κ3) is 2.69. The smallest absolute Gasteiger partial charge is 0.131 e. The number of nitrogens with two attached hydrogens (primary N) is 1. The van der Waals surface area contributed by atoms with Crippen molar-refractivity contribution < 1.29 is 0 Å². The third-order valence-electron chi connectivity index (χ3n) is 4.14. The van der Waals surface area contributed by atoms with Gasteiger partial charge in [-0.1, -0.05) is 19.3 Å². The predicted octanol–water partition coefficient (Wildman–Crippen LogP) is 2.20. The van der Waals surface area contributed by atoms with Gasteiger partial charge in [-0.2, -0.15) is 5.10 Å². The molecule has 4 nitrogen and oxygen atoms in total. The van der Waals surface area contributed by atoms with E-state index in [4.69, 9.17) is 5.73 Å². The van der Waals surface area contributed by atoms with E-state index in [1.807, 2.05) is 18.7 Å². The molecule has 0 radical (unpaired) electrons. The highest BCUT2D eigenvalue weighted by molar-refractivity contribution is 5.49. The van der Waals surface area contributed by atoms with Gasteiger partial charge in [0.2, 0.25) is 0 Å². The topological polar surface area (TPSA) is 47.1 Å². The molecule has 1 heterocycles. The number of aryl methyl sites for hydroxylation is 2. The SMILES string of the molecule is Cc1nn(C)c(N(C)CC2CCCCC2)c1CN. The van der Waals surface area contributed by atoms with Crippen LogP contribution in [0.3, 0.4) is 0 Å². The Balaban J connectivity index is 2.10. The number of hydrogen-bond acceptors (Lipinski definition) is 3. The van der Waals surface area contributed by atoms with Crippen molar-refractivity contribution in [2.45, 2.75) is 45.6 Å². The van der Waals surface area contributed by atoms with Crippen LogP contribution in [0.15, 0.2) is 0 Å². The van der Waals surface area contributed by atoms with Gasteiger partial charge in [-0.15, -0.1) is 0 Å². The van der Waals surface area contributed by atoms with Crippen LogP contribution in [-0.2, 0) is 13.6 Å². The Morgan fingerprint density at radius 2 is 2.00 bits per heavy atom. The zero-order chi connectivity index (χ0) is 13.1. The van der Waals surface area contributed by atoms with Gasteiger partial charge in [-0.3, -0.25) is 4.68 Å². The molecule has 1 aliphatic carbocycles. The van der Waals surface area contributed by atoms with Gasteiger partial charge in [0.25, 0.3) is 0 Å². The molecule has 18 heavy (non-hydrogen) atoms. The van der Waals surface area contributed by atoms with Crippen LogP contribution >= 0.6 is 0 Å². The summed E-state index contributed by atoms with van der Waals surface area (Å²) in [5.74, 6) is 2.03. The maximum atomic E-state index is 5.86. The molecule has 0 bridgehead atoms. The van der Waals surface area contributed by atoms with Crippen molar-refractivity contribution in [1.82, 2.24) is 9.78 Å². The molecule has 1 aliphatic rings. The first-order valence-corrected chi connectivity index (χ1v) is 7.07. The molecule has 4 heteroatoms. The van der Waals surface area contributed by atoms with E-state index < -0.39 is 0 Å². The summed E-state index contributed by atoms with van der Waals surface area (Å²) in [5.41, 5.74) is 8.11. The molecule has 1 fully saturated rings. The summed E-state index contributed by atoms with van der Waals surface area (Å²) >= 11 is 0. The maximum Gasteiger partial charge on any atom is 0.131 e. The highest BCUT2D eigenvalue weighted by Crippen LogP contribution is 2.27. The van der Waals surface area contributed by atoms with Crippen molar-refractivity contribution in [3.63, 3.8) is 0 Å². The van der Waals surface area contributed by atoms with Gasteiger partial charge in [0.15, 0.2) is 0 Å². The molecule has 0 spiro atoms. The van der Waals surface area contributed by atoms with E-state index in [1.54, 1.807) is 0 Å². The second-order valence-electron chi connectivity index (χ2n) is 5.60. The summed E-state index contributed by atoms with van der Waals surface area (Å²) in [6.07, 6.45) is 6.96. The molecule has 102 valence electrons. The van der Waals surface area contributed by atoms with E-state index in [2.05, 4.69) is 17.0 Å². The summed E-state index contributed by atoms with van der Waals surface area (Å²) in [6.45, 7) is 3.75. The van der Waals surface area contributed by atoms with Crippen LogP contribution in [0.1, 0.15) is 43.4 Å². The first kappa shape index (κ1) is 13.4. The Kier molecular flexibility index (Phi) is 4.27. The zero-order valence-electron chi connectivity index (χ0n) is 11.9. The van der Waals surface area contributed by atoms with Gasteiger partial charge >= 0.3 is 0 Å². The number of anilines is 1. The lowest BCUT2D eigenvalue weighted by molar-refractivity contribution is 0.361. The van der Waals surface area contributed by atoms with Crippen LogP contribution < -0.4 is 10.6 Å². The summed E-state index contributed by atoms with van der Waals surface area (Å²) in [4.78, 5) is 2.35. The van der Waals surface area contributed by atoms with Gasteiger partial charge in [0.1, 0.15) is 5.82 Å². The van der Waals surface area contributed by atoms with Crippen molar-refractivity contribution in [1.29, 1.82) is 0 Å². The highest BCUT2D eigenvalue weighted by Gasteiger charge is 2.20. The zero-order valence-corrected chi connectivity index (χ0v) is 11.9. The maximum absolute atomic E-state index is 5.86. The number of hydrogen-bond donors (Lipinski definition) is 1. The summed E-state index contributed by atoms with van der Waals surface area (Å²) in [5, 5.41) is 4.49. The van der Waals surface area contributed by atoms with Crippen molar-refractivity contribution >= 4 is 5.82 Å². The second-order valence-corrected chi connectivity index (χ2v) is 5.60. The molecule has 2 rings (SSSR count). The molecule has 1 aromatic heterocycles. The first-order valence-electron chi connectivity index (χ1n) is 7.07. The Morgan fingerprint density at radius 3 is 2.61 bits per heavy atom. The molecule has 0 aromatic carbocycles. The standard InChI is InChI=1S/C14H26N4/c1-11-13(9-15)14(18(3)16-11)17(2)10-12-7-5-4-6-8-12/h12H,4-10,15H2,1-3H3. The highest BCUT2D eigenvalue weighted by atomic mass is 15.4. The van der Waals surface area contributed by atoms with E-state index in [0.717, 1.165) is 18.2 Å². The molecule has 0 atom stereocenters. The Bertz CT molecular complexity index is 391. The Hall–Kier alpha value is -1.03. The minimum atomic E-state index is 0.573. The Labute approximate surface area is 110 Å². The van der Waals surface area contributed by atoms with Crippen LogP contribution in [-0.4, -0.2) is 23.4 Å². The van der Waals surface area contributed by atoms with Crippen molar-refractivity contribution in [3.05, 3.63) is 11.3 Å². The number of nitrogens with zero attached hydrogens (tertiary/aromatic N) is 3. The molecule has 1 aromatic rings. The fourth-order valence-electron chi connectivity index (χ4n) is 3.25. The van der Waals surface area contributed by atoms with E-state index >= 15 is 0 Å². The molecule has 2 N–H and O–H groups in total. The lowest BCUT2D eigenvalue weighted by Gasteiger charge is -2.28. The average molecular weight is 250 g/mol. The number of aromatic nitrogens is 2. The summed E-state index contributed by atoms with van der Waals surface area (Å²) in [6, 6.07) is 0. The largest absolute Gasteiger partial charge is 0.359 e. The average Bonchev–Trinajstić information content (AvgIpc) is 2.64. The van der Waals surface area contributed by atoms with Crippen LogP contribution in [0.4, 0.5) is 5.82 Å². The van der Waals surface area contributed by atoms with Crippen LogP contribution in [0.25, 0.3) is 0 Å². The van der Waals surface area contributed by atoms with Crippen LogP contribution in [0.5, 0.6) is 0 Å². The second kappa shape index (κ2) is 5.74. The fraction of sp³-hybridized carbons (Fsp3) is 0.786. The van der Waals surface area contributed by atoms with E-state index in [-0.39, 0.29) is 0 Å². The van der Waals surface area contributed by atoms with E-state index in [9.17, 15) is 0 Å². The van der Waals surface area contributed by atoms with Crippen molar-refractivity contribution in [2.75, 3.05) is 18.5 Å². The minimum Gasteiger partial charge on any atom is -0.359 e. The molecule has 0 saturated heterocycles. The van der Waals surface area contributed by atoms with Gasteiger partial charge in [0, 0.05) is 32.7 Å². The Morgan fingerprint density at radius 1 is 1.33 bits per heavy atom. The summed E-state index contributed by atoms with van der Waals surface area (Å²) < 4.78 is 1.97. The minimum absolute atomic E-state index is 0.573. The van der Waals surface area contributed by atoms with Gasteiger partial charge in [-0.05, 0) is 25.7 Å². The number of rotatable bonds is 4. The molecular formula is C14H26N4. The summed E-state index contributed by atoms with van der Waals surface area (Å²) in [7, 11) is 4.18. The monoisotopic (exact) mass is 250 g/mol. The third-order valence-corrected chi connectivity index (χ3v) is 4.14. The lowest BCUT2D eigenvalue weighted by Crippen LogP contribution is -2.29. The lowest BCUT2D eigenvalue weighted by atomic mass is 9.89. The quantitative estimate of drug-likeness (QED) is 0.891. The normalized spacial score (nSPS) is 17.1. The van der Waals surface area contributed by atoms with E-state index in [1.165, 1.54) is 43.5 Å². The van der Waals surface area contributed by atoms with Crippen LogP contribution in [0.2, 0.25) is 0 Å². The predicted molar refractivity (Wildman–Crippen MR) is 75.7 cm³/mol. The molecule has 0 amide bonds. The van der Waals surface area contributed by atoms with Crippen molar-refractivity contribution in [2.24, 2.45) is 18.7 Å². The van der Waals surface area contributed by atoms with Crippen molar-refractivity contribution in [3.8, 4) is 0 Å². The van der Waals surface area contributed by atoms with Crippen LogP contribution in [0, 0.1) is 12.8 Å². The first-order chi connectivity index (χ1) is 8.63. The molecular weight excluding hydrogens is 224 g/mol.